The third-order valence-electron chi connectivity index (χ3n) is 3.85. The lowest BCUT2D eigenvalue weighted by Crippen LogP contribution is -2.33. The summed E-state index contributed by atoms with van der Waals surface area (Å²) in [5, 5.41) is 11.8. The van der Waals surface area contributed by atoms with Gasteiger partial charge in [-0.05, 0) is 43.7 Å². The molecule has 1 saturated carbocycles. The average Bonchev–Trinajstić information content (AvgIpc) is 2.46. The quantitative estimate of drug-likeness (QED) is 0.856. The lowest BCUT2D eigenvalue weighted by molar-refractivity contribution is -0.143. The van der Waals surface area contributed by atoms with Crippen molar-refractivity contribution in [3.63, 3.8) is 0 Å². The van der Waals surface area contributed by atoms with E-state index in [0.29, 0.717) is 18.9 Å². The van der Waals surface area contributed by atoms with Crippen LogP contribution >= 0.6 is 0 Å². The zero-order valence-corrected chi connectivity index (χ0v) is 11.4. The van der Waals surface area contributed by atoms with Crippen molar-refractivity contribution >= 4 is 11.9 Å². The summed E-state index contributed by atoms with van der Waals surface area (Å²) in [6.45, 7) is 0.637. The molecule has 0 aromatic carbocycles. The van der Waals surface area contributed by atoms with E-state index < -0.39 is 5.97 Å². The first-order valence-corrected chi connectivity index (χ1v) is 7.04. The van der Waals surface area contributed by atoms with E-state index in [0.717, 1.165) is 31.4 Å². The Labute approximate surface area is 118 Å². The third-order valence-corrected chi connectivity index (χ3v) is 3.85. The van der Waals surface area contributed by atoms with Crippen molar-refractivity contribution in [2.45, 2.75) is 32.1 Å². The normalized spacial score (nSPS) is 22.2. The molecule has 1 aromatic rings. The number of aliphatic carboxylic acids is 1. The molecule has 108 valence electrons. The summed E-state index contributed by atoms with van der Waals surface area (Å²) >= 11 is 0. The standard InChI is InChI=1S/C15H20N2O3/c18-14(9-13-3-1-2-8-16-13)17-10-11-4-6-12(7-5-11)15(19)20/h1-3,8,11-12H,4-7,9-10H2,(H,17,18)(H,19,20). The van der Waals surface area contributed by atoms with Gasteiger partial charge in [0.25, 0.3) is 0 Å². The maximum Gasteiger partial charge on any atom is 0.306 e. The number of hydrogen-bond acceptors (Lipinski definition) is 3. The zero-order chi connectivity index (χ0) is 14.4. The molecule has 5 nitrogen and oxygen atoms in total. The molecule has 2 N–H and O–H groups in total. The monoisotopic (exact) mass is 276 g/mol. The Morgan fingerprint density at radius 3 is 2.60 bits per heavy atom. The molecule has 0 atom stereocenters. The summed E-state index contributed by atoms with van der Waals surface area (Å²) in [5.41, 5.74) is 0.764. The lowest BCUT2D eigenvalue weighted by atomic mass is 9.82. The molecule has 5 heteroatoms. The van der Waals surface area contributed by atoms with Crippen LogP contribution in [0.2, 0.25) is 0 Å². The van der Waals surface area contributed by atoms with E-state index in [1.165, 1.54) is 0 Å². The highest BCUT2D eigenvalue weighted by Gasteiger charge is 2.25. The second kappa shape index (κ2) is 7.03. The number of carbonyl (C=O) groups excluding carboxylic acids is 1. The molecule has 0 saturated heterocycles. The Morgan fingerprint density at radius 2 is 2.00 bits per heavy atom. The summed E-state index contributed by atoms with van der Waals surface area (Å²) in [6.07, 6.45) is 5.16. The SMILES string of the molecule is O=C(Cc1ccccn1)NCC1CCC(C(=O)O)CC1. The van der Waals surface area contributed by atoms with Gasteiger partial charge in [-0.15, -0.1) is 0 Å². The highest BCUT2D eigenvalue weighted by molar-refractivity contribution is 5.78. The summed E-state index contributed by atoms with van der Waals surface area (Å²) in [4.78, 5) is 26.8. The Bertz CT molecular complexity index is 453. The van der Waals surface area contributed by atoms with E-state index in [1.807, 2.05) is 18.2 Å². The molecule has 2 rings (SSSR count). The molecule has 1 aromatic heterocycles. The van der Waals surface area contributed by atoms with Crippen LogP contribution in [0, 0.1) is 11.8 Å². The number of rotatable bonds is 5. The van der Waals surface area contributed by atoms with Crippen LogP contribution < -0.4 is 5.32 Å². The Kier molecular flexibility index (Phi) is 5.09. The zero-order valence-electron chi connectivity index (χ0n) is 11.4. The summed E-state index contributed by atoms with van der Waals surface area (Å²) in [5.74, 6) is -0.513. The summed E-state index contributed by atoms with van der Waals surface area (Å²) < 4.78 is 0. The Hall–Kier alpha value is -1.91. The van der Waals surface area contributed by atoms with Crippen LogP contribution in [-0.2, 0) is 16.0 Å². The number of amides is 1. The number of pyridine rings is 1. The topological polar surface area (TPSA) is 79.3 Å². The molecule has 1 aliphatic rings. The summed E-state index contributed by atoms with van der Waals surface area (Å²) in [7, 11) is 0. The number of nitrogens with one attached hydrogen (secondary N) is 1. The van der Waals surface area contributed by atoms with Gasteiger partial charge in [0.15, 0.2) is 0 Å². The predicted octanol–water partition coefficient (Wildman–Crippen LogP) is 1.63. The van der Waals surface area contributed by atoms with Crippen LogP contribution in [-0.4, -0.2) is 28.5 Å². The maximum absolute atomic E-state index is 11.8. The van der Waals surface area contributed by atoms with Gasteiger partial charge in [0.05, 0.1) is 12.3 Å². The van der Waals surface area contributed by atoms with E-state index in [4.69, 9.17) is 5.11 Å². The van der Waals surface area contributed by atoms with Crippen molar-refractivity contribution in [1.29, 1.82) is 0 Å². The smallest absolute Gasteiger partial charge is 0.306 e. The van der Waals surface area contributed by atoms with Crippen LogP contribution in [0.5, 0.6) is 0 Å². The fraction of sp³-hybridized carbons (Fsp3) is 0.533. The van der Waals surface area contributed by atoms with Crippen LogP contribution in [0.15, 0.2) is 24.4 Å². The number of carboxylic acid groups (broad SMARTS) is 1. The number of carboxylic acids is 1. The third kappa shape index (κ3) is 4.33. The molecule has 0 spiro atoms. The molecule has 0 aliphatic heterocycles. The summed E-state index contributed by atoms with van der Waals surface area (Å²) in [6, 6.07) is 5.52. The van der Waals surface area contributed by atoms with Gasteiger partial charge in [-0.2, -0.15) is 0 Å². The van der Waals surface area contributed by atoms with Gasteiger partial charge in [-0.1, -0.05) is 6.07 Å². The fourth-order valence-corrected chi connectivity index (χ4v) is 2.60. The van der Waals surface area contributed by atoms with E-state index in [1.54, 1.807) is 6.20 Å². The maximum atomic E-state index is 11.8. The van der Waals surface area contributed by atoms with Crippen molar-refractivity contribution < 1.29 is 14.7 Å². The highest BCUT2D eigenvalue weighted by Crippen LogP contribution is 2.28. The van der Waals surface area contributed by atoms with E-state index >= 15 is 0 Å². The van der Waals surface area contributed by atoms with Gasteiger partial charge in [0.2, 0.25) is 5.91 Å². The van der Waals surface area contributed by atoms with Gasteiger partial charge in [0, 0.05) is 18.4 Å². The van der Waals surface area contributed by atoms with E-state index in [9.17, 15) is 9.59 Å². The number of nitrogens with zero attached hydrogens (tertiary/aromatic N) is 1. The van der Waals surface area contributed by atoms with Crippen molar-refractivity contribution in [2.75, 3.05) is 6.54 Å². The first-order chi connectivity index (χ1) is 9.65. The molecule has 1 fully saturated rings. The second-order valence-electron chi connectivity index (χ2n) is 5.36. The fourth-order valence-electron chi connectivity index (χ4n) is 2.60. The molecule has 1 amide bonds. The molecule has 0 unspecified atom stereocenters. The molecule has 1 heterocycles. The Balaban J connectivity index is 1.68. The number of hydrogen-bond donors (Lipinski definition) is 2. The molecule has 20 heavy (non-hydrogen) atoms. The van der Waals surface area contributed by atoms with Gasteiger partial charge >= 0.3 is 5.97 Å². The first kappa shape index (κ1) is 14.5. The molecular weight excluding hydrogens is 256 g/mol. The van der Waals surface area contributed by atoms with E-state index in [2.05, 4.69) is 10.3 Å². The van der Waals surface area contributed by atoms with Gasteiger partial charge < -0.3 is 10.4 Å². The van der Waals surface area contributed by atoms with Crippen LogP contribution in [0.4, 0.5) is 0 Å². The molecule has 1 aliphatic carbocycles. The largest absolute Gasteiger partial charge is 0.481 e. The molecule has 0 radical (unpaired) electrons. The first-order valence-electron chi connectivity index (χ1n) is 7.04. The minimum absolute atomic E-state index is 0.0240. The van der Waals surface area contributed by atoms with Crippen LogP contribution in [0.1, 0.15) is 31.4 Å². The molecular formula is C15H20N2O3. The highest BCUT2D eigenvalue weighted by atomic mass is 16.4. The van der Waals surface area contributed by atoms with Crippen molar-refractivity contribution in [1.82, 2.24) is 10.3 Å². The number of carbonyl (C=O) groups is 2. The lowest BCUT2D eigenvalue weighted by Gasteiger charge is -2.26. The molecule has 0 bridgehead atoms. The second-order valence-corrected chi connectivity index (χ2v) is 5.36. The predicted molar refractivity (Wildman–Crippen MR) is 74.0 cm³/mol. The van der Waals surface area contributed by atoms with Crippen LogP contribution in [0.25, 0.3) is 0 Å². The van der Waals surface area contributed by atoms with Crippen LogP contribution in [0.3, 0.4) is 0 Å². The van der Waals surface area contributed by atoms with Crippen molar-refractivity contribution in [3.05, 3.63) is 30.1 Å². The minimum atomic E-state index is -0.692. The van der Waals surface area contributed by atoms with Gasteiger partial charge in [-0.25, -0.2) is 0 Å². The average molecular weight is 276 g/mol. The van der Waals surface area contributed by atoms with Crippen molar-refractivity contribution in [2.24, 2.45) is 11.8 Å². The van der Waals surface area contributed by atoms with E-state index in [-0.39, 0.29) is 11.8 Å². The Morgan fingerprint density at radius 1 is 1.25 bits per heavy atom. The van der Waals surface area contributed by atoms with Gasteiger partial charge in [0.1, 0.15) is 0 Å². The van der Waals surface area contributed by atoms with Gasteiger partial charge in [-0.3, -0.25) is 14.6 Å². The number of aromatic nitrogens is 1. The minimum Gasteiger partial charge on any atom is -0.481 e. The van der Waals surface area contributed by atoms with Crippen molar-refractivity contribution in [3.8, 4) is 0 Å².